The molecule has 2 heterocycles. The minimum atomic E-state index is -0.299. The van der Waals surface area contributed by atoms with Gasteiger partial charge in [-0.1, -0.05) is 0 Å². The fraction of sp³-hybridized carbons (Fsp3) is 0.615. The SMILES string of the molecule is Cc1cc(C)nc([C@]2(C)CCCN2CC(N)=O)n1. The number of amides is 1. The van der Waals surface area contributed by atoms with Crippen LogP contribution in [0.1, 0.15) is 37.0 Å². The number of hydrogen-bond donors (Lipinski definition) is 1. The molecule has 0 spiro atoms. The fourth-order valence-corrected chi connectivity index (χ4v) is 2.68. The Bertz CT molecular complexity index is 454. The van der Waals surface area contributed by atoms with E-state index in [1.807, 2.05) is 19.9 Å². The molecule has 1 fully saturated rings. The maximum absolute atomic E-state index is 11.1. The first-order chi connectivity index (χ1) is 8.41. The summed E-state index contributed by atoms with van der Waals surface area (Å²) in [6.07, 6.45) is 2.00. The van der Waals surface area contributed by atoms with Gasteiger partial charge in [0.25, 0.3) is 0 Å². The van der Waals surface area contributed by atoms with E-state index in [-0.39, 0.29) is 18.0 Å². The standard InChI is InChI=1S/C13H20N4O/c1-9-7-10(2)16-12(15-9)13(3)5-4-6-17(13)8-11(14)18/h7H,4-6,8H2,1-3H3,(H2,14,18)/t13-/m0/s1. The van der Waals surface area contributed by atoms with Crippen molar-refractivity contribution < 1.29 is 4.79 Å². The van der Waals surface area contributed by atoms with E-state index in [4.69, 9.17) is 5.73 Å². The molecule has 2 rings (SSSR count). The van der Waals surface area contributed by atoms with Gasteiger partial charge in [-0.15, -0.1) is 0 Å². The van der Waals surface area contributed by atoms with Crippen molar-refractivity contribution in [1.82, 2.24) is 14.9 Å². The summed E-state index contributed by atoms with van der Waals surface area (Å²) in [5, 5.41) is 0. The summed E-state index contributed by atoms with van der Waals surface area (Å²) in [6.45, 7) is 7.17. The van der Waals surface area contributed by atoms with Gasteiger partial charge in [0.2, 0.25) is 5.91 Å². The van der Waals surface area contributed by atoms with Crippen LogP contribution in [0.5, 0.6) is 0 Å². The fourth-order valence-electron chi connectivity index (χ4n) is 2.68. The zero-order valence-electron chi connectivity index (χ0n) is 11.2. The van der Waals surface area contributed by atoms with E-state index in [1.165, 1.54) is 0 Å². The van der Waals surface area contributed by atoms with Gasteiger partial charge in [-0.05, 0) is 46.2 Å². The maximum atomic E-state index is 11.1. The molecule has 5 nitrogen and oxygen atoms in total. The predicted molar refractivity (Wildman–Crippen MR) is 68.9 cm³/mol. The molecule has 1 atom stereocenters. The molecule has 2 N–H and O–H groups in total. The zero-order chi connectivity index (χ0) is 13.3. The number of rotatable bonds is 3. The van der Waals surface area contributed by atoms with Gasteiger partial charge in [-0.2, -0.15) is 0 Å². The molecule has 0 saturated carbocycles. The minimum absolute atomic E-state index is 0.271. The summed E-state index contributed by atoms with van der Waals surface area (Å²) in [4.78, 5) is 22.3. The first kappa shape index (κ1) is 13.0. The molecule has 0 aliphatic carbocycles. The van der Waals surface area contributed by atoms with Gasteiger partial charge in [0.05, 0.1) is 12.1 Å². The quantitative estimate of drug-likeness (QED) is 0.862. The van der Waals surface area contributed by atoms with Crippen molar-refractivity contribution in [3.05, 3.63) is 23.3 Å². The first-order valence-electron chi connectivity index (χ1n) is 6.28. The molecule has 1 saturated heterocycles. The van der Waals surface area contributed by atoms with Crippen LogP contribution in [0, 0.1) is 13.8 Å². The van der Waals surface area contributed by atoms with E-state index in [2.05, 4.69) is 21.8 Å². The molecular weight excluding hydrogens is 228 g/mol. The second-order valence-electron chi connectivity index (χ2n) is 5.24. The predicted octanol–water partition coefficient (Wildman–Crippen LogP) is 0.890. The monoisotopic (exact) mass is 248 g/mol. The van der Waals surface area contributed by atoms with Gasteiger partial charge in [0.1, 0.15) is 5.82 Å². The molecular formula is C13H20N4O. The third kappa shape index (κ3) is 2.36. The largest absolute Gasteiger partial charge is 0.369 e. The Morgan fingerprint density at radius 3 is 2.61 bits per heavy atom. The van der Waals surface area contributed by atoms with Gasteiger partial charge in [-0.25, -0.2) is 9.97 Å². The molecule has 0 radical (unpaired) electrons. The number of aromatic nitrogens is 2. The molecule has 1 aliphatic heterocycles. The molecule has 98 valence electrons. The highest BCUT2D eigenvalue weighted by molar-refractivity contribution is 5.76. The van der Waals surface area contributed by atoms with Crippen LogP contribution in [-0.4, -0.2) is 33.9 Å². The van der Waals surface area contributed by atoms with Crippen molar-refractivity contribution in [2.75, 3.05) is 13.1 Å². The zero-order valence-corrected chi connectivity index (χ0v) is 11.2. The molecule has 1 aromatic rings. The summed E-state index contributed by atoms with van der Waals surface area (Å²) in [5.74, 6) is 0.506. The van der Waals surface area contributed by atoms with Gasteiger partial charge < -0.3 is 5.73 Å². The normalized spacial score (nSPS) is 24.4. The third-order valence-electron chi connectivity index (χ3n) is 3.60. The highest BCUT2D eigenvalue weighted by Gasteiger charge is 2.41. The van der Waals surface area contributed by atoms with Crippen molar-refractivity contribution in [1.29, 1.82) is 0 Å². The van der Waals surface area contributed by atoms with Crippen LogP contribution >= 0.6 is 0 Å². The Balaban J connectivity index is 2.36. The molecule has 18 heavy (non-hydrogen) atoms. The Morgan fingerprint density at radius 1 is 1.44 bits per heavy atom. The van der Waals surface area contributed by atoms with E-state index >= 15 is 0 Å². The second kappa shape index (κ2) is 4.65. The number of nitrogens with two attached hydrogens (primary N) is 1. The average Bonchev–Trinajstić information content (AvgIpc) is 2.59. The van der Waals surface area contributed by atoms with Gasteiger partial charge in [0.15, 0.2) is 0 Å². The first-order valence-corrected chi connectivity index (χ1v) is 6.28. The van der Waals surface area contributed by atoms with Crippen molar-refractivity contribution in [2.24, 2.45) is 5.73 Å². The van der Waals surface area contributed by atoms with Crippen molar-refractivity contribution in [3.63, 3.8) is 0 Å². The van der Waals surface area contributed by atoms with Crippen LogP contribution in [0.2, 0.25) is 0 Å². The van der Waals surface area contributed by atoms with Crippen LogP contribution < -0.4 is 5.73 Å². The number of likely N-dealkylation sites (tertiary alicyclic amines) is 1. The Hall–Kier alpha value is -1.49. The lowest BCUT2D eigenvalue weighted by molar-refractivity contribution is -0.120. The summed E-state index contributed by atoms with van der Waals surface area (Å²) in [6, 6.07) is 1.96. The van der Waals surface area contributed by atoms with Gasteiger partial charge in [-0.3, -0.25) is 9.69 Å². The molecule has 0 bridgehead atoms. The van der Waals surface area contributed by atoms with E-state index < -0.39 is 0 Å². The molecule has 0 unspecified atom stereocenters. The van der Waals surface area contributed by atoms with Crippen molar-refractivity contribution in [2.45, 2.75) is 39.2 Å². The Kier molecular flexibility index (Phi) is 3.34. The lowest BCUT2D eigenvalue weighted by atomic mass is 9.97. The van der Waals surface area contributed by atoms with Crippen LogP contribution in [0.15, 0.2) is 6.07 Å². The van der Waals surface area contributed by atoms with E-state index in [0.717, 1.165) is 36.6 Å². The number of aryl methyl sites for hydroxylation is 2. The minimum Gasteiger partial charge on any atom is -0.369 e. The molecule has 1 aromatic heterocycles. The van der Waals surface area contributed by atoms with Crippen LogP contribution in [0.4, 0.5) is 0 Å². The summed E-state index contributed by atoms with van der Waals surface area (Å²) >= 11 is 0. The second-order valence-corrected chi connectivity index (χ2v) is 5.24. The lowest BCUT2D eigenvalue weighted by Gasteiger charge is -2.33. The topological polar surface area (TPSA) is 72.1 Å². The maximum Gasteiger partial charge on any atom is 0.231 e. The summed E-state index contributed by atoms with van der Waals surface area (Å²) in [5.41, 5.74) is 6.96. The van der Waals surface area contributed by atoms with Crippen LogP contribution in [0.3, 0.4) is 0 Å². The lowest BCUT2D eigenvalue weighted by Crippen LogP contribution is -2.44. The van der Waals surface area contributed by atoms with Crippen molar-refractivity contribution in [3.8, 4) is 0 Å². The van der Waals surface area contributed by atoms with Gasteiger partial charge in [0, 0.05) is 11.4 Å². The highest BCUT2D eigenvalue weighted by atomic mass is 16.1. The van der Waals surface area contributed by atoms with Crippen molar-refractivity contribution >= 4 is 5.91 Å². The van der Waals surface area contributed by atoms with Crippen LogP contribution in [-0.2, 0) is 10.3 Å². The van der Waals surface area contributed by atoms with E-state index in [9.17, 15) is 4.79 Å². The Labute approximate surface area is 107 Å². The van der Waals surface area contributed by atoms with E-state index in [1.54, 1.807) is 0 Å². The number of primary amides is 1. The molecule has 0 aromatic carbocycles. The number of carbonyl (C=O) groups excluding carboxylic acids is 1. The highest BCUT2D eigenvalue weighted by Crippen LogP contribution is 2.36. The molecule has 1 amide bonds. The third-order valence-corrected chi connectivity index (χ3v) is 3.60. The molecule has 1 aliphatic rings. The summed E-state index contributed by atoms with van der Waals surface area (Å²) in [7, 11) is 0. The van der Waals surface area contributed by atoms with E-state index in [0.29, 0.717) is 0 Å². The number of nitrogens with zero attached hydrogens (tertiary/aromatic N) is 3. The number of carbonyl (C=O) groups is 1. The Morgan fingerprint density at radius 2 is 2.06 bits per heavy atom. The number of hydrogen-bond acceptors (Lipinski definition) is 4. The smallest absolute Gasteiger partial charge is 0.231 e. The average molecular weight is 248 g/mol. The van der Waals surface area contributed by atoms with Crippen LogP contribution in [0.25, 0.3) is 0 Å². The van der Waals surface area contributed by atoms with Gasteiger partial charge >= 0.3 is 0 Å². The summed E-state index contributed by atoms with van der Waals surface area (Å²) < 4.78 is 0. The molecule has 5 heteroatoms.